The molecule has 0 fully saturated rings. The minimum absolute atomic E-state index is 0.0640. The van der Waals surface area contributed by atoms with Crippen molar-refractivity contribution in [2.24, 2.45) is 0 Å². The lowest BCUT2D eigenvalue weighted by atomic mass is 9.98. The summed E-state index contributed by atoms with van der Waals surface area (Å²) < 4.78 is 11.2. The highest BCUT2D eigenvalue weighted by molar-refractivity contribution is 7.14. The van der Waals surface area contributed by atoms with Crippen LogP contribution in [-0.4, -0.2) is 24.6 Å². The second-order valence-corrected chi connectivity index (χ2v) is 8.27. The molecule has 0 unspecified atom stereocenters. The molecule has 0 saturated heterocycles. The van der Waals surface area contributed by atoms with Crippen LogP contribution in [0.25, 0.3) is 11.3 Å². The smallest absolute Gasteiger partial charge is 0.226 e. The van der Waals surface area contributed by atoms with E-state index in [1.54, 1.807) is 7.11 Å². The van der Waals surface area contributed by atoms with Gasteiger partial charge in [0.2, 0.25) is 5.91 Å². The highest BCUT2D eigenvalue weighted by Gasteiger charge is 2.11. The number of aromatic nitrogens is 1. The maximum atomic E-state index is 12.2. The predicted octanol–water partition coefficient (Wildman–Crippen LogP) is 6.05. The molecule has 1 aromatic heterocycles. The first kappa shape index (κ1) is 21.8. The lowest BCUT2D eigenvalue weighted by Gasteiger charge is -2.12. The van der Waals surface area contributed by atoms with E-state index in [0.717, 1.165) is 22.8 Å². The van der Waals surface area contributed by atoms with E-state index in [4.69, 9.17) is 9.47 Å². The van der Waals surface area contributed by atoms with Crippen molar-refractivity contribution < 1.29 is 14.3 Å². The second kappa shape index (κ2) is 10.3. The summed E-state index contributed by atoms with van der Waals surface area (Å²) in [6.45, 7) is 6.97. The summed E-state index contributed by atoms with van der Waals surface area (Å²) in [5.74, 6) is 2.04. The molecule has 158 valence electrons. The SMILES string of the molecule is COc1ccccc1-c1csc(NC(=O)CCCOc2ccc(C(C)C)c(C)c2)n1. The number of methoxy groups -OCH3 is 1. The van der Waals surface area contributed by atoms with E-state index in [1.165, 1.54) is 22.5 Å². The number of carbonyl (C=O) groups is 1. The van der Waals surface area contributed by atoms with Gasteiger partial charge in [0, 0.05) is 17.4 Å². The molecular formula is C24H28N2O3S. The van der Waals surface area contributed by atoms with E-state index in [1.807, 2.05) is 35.7 Å². The highest BCUT2D eigenvalue weighted by Crippen LogP contribution is 2.32. The molecule has 1 N–H and O–H groups in total. The fourth-order valence-corrected chi connectivity index (χ4v) is 4.03. The number of rotatable bonds is 9. The number of amides is 1. The van der Waals surface area contributed by atoms with E-state index in [2.05, 4.69) is 43.2 Å². The normalized spacial score (nSPS) is 10.8. The third kappa shape index (κ3) is 5.60. The highest BCUT2D eigenvalue weighted by atomic mass is 32.1. The van der Waals surface area contributed by atoms with Crippen molar-refractivity contribution in [2.45, 2.75) is 39.5 Å². The molecule has 2 aromatic carbocycles. The number of aryl methyl sites for hydroxylation is 1. The van der Waals surface area contributed by atoms with Crippen molar-refractivity contribution in [1.82, 2.24) is 4.98 Å². The van der Waals surface area contributed by atoms with Crippen molar-refractivity contribution in [1.29, 1.82) is 0 Å². The molecular weight excluding hydrogens is 396 g/mol. The molecule has 5 nitrogen and oxygen atoms in total. The van der Waals surface area contributed by atoms with Crippen molar-refractivity contribution >= 4 is 22.4 Å². The number of carbonyl (C=O) groups excluding carboxylic acids is 1. The molecule has 0 radical (unpaired) electrons. The van der Waals surface area contributed by atoms with Crippen LogP contribution in [0.4, 0.5) is 5.13 Å². The van der Waals surface area contributed by atoms with E-state index in [0.29, 0.717) is 30.5 Å². The van der Waals surface area contributed by atoms with Crippen molar-refractivity contribution in [3.8, 4) is 22.8 Å². The molecule has 0 aliphatic rings. The Hall–Kier alpha value is -2.86. The number of ether oxygens (including phenoxy) is 2. The zero-order valence-electron chi connectivity index (χ0n) is 17.9. The van der Waals surface area contributed by atoms with Crippen LogP contribution < -0.4 is 14.8 Å². The summed E-state index contributed by atoms with van der Waals surface area (Å²) in [4.78, 5) is 16.8. The van der Waals surface area contributed by atoms with Gasteiger partial charge in [-0.2, -0.15) is 0 Å². The second-order valence-electron chi connectivity index (χ2n) is 7.41. The van der Waals surface area contributed by atoms with Gasteiger partial charge in [0.15, 0.2) is 5.13 Å². The summed E-state index contributed by atoms with van der Waals surface area (Å²) in [6.07, 6.45) is 1.02. The topological polar surface area (TPSA) is 60.5 Å². The Kier molecular flexibility index (Phi) is 7.46. The first-order chi connectivity index (χ1) is 14.5. The minimum Gasteiger partial charge on any atom is -0.496 e. The van der Waals surface area contributed by atoms with Crippen LogP contribution in [0.5, 0.6) is 11.5 Å². The van der Waals surface area contributed by atoms with Crippen LogP contribution in [0.3, 0.4) is 0 Å². The molecule has 0 bridgehead atoms. The fraction of sp³-hybridized carbons (Fsp3) is 0.333. The first-order valence-electron chi connectivity index (χ1n) is 10.1. The standard InChI is InChI=1S/C24H28N2O3S/c1-16(2)19-12-11-18(14-17(19)3)29-13-7-10-23(27)26-24-25-21(15-30-24)20-8-5-6-9-22(20)28-4/h5-6,8-9,11-12,14-16H,7,10,13H2,1-4H3,(H,25,26,27). The molecule has 30 heavy (non-hydrogen) atoms. The molecule has 3 aromatic rings. The third-order valence-corrected chi connectivity index (χ3v) is 5.57. The van der Waals surface area contributed by atoms with Crippen LogP contribution in [-0.2, 0) is 4.79 Å². The predicted molar refractivity (Wildman–Crippen MR) is 123 cm³/mol. The van der Waals surface area contributed by atoms with Gasteiger partial charge in [-0.3, -0.25) is 4.79 Å². The van der Waals surface area contributed by atoms with Gasteiger partial charge in [-0.25, -0.2) is 4.98 Å². The maximum Gasteiger partial charge on any atom is 0.226 e. The summed E-state index contributed by atoms with van der Waals surface area (Å²) in [5.41, 5.74) is 4.26. The first-order valence-corrected chi connectivity index (χ1v) is 11.0. The number of nitrogens with zero attached hydrogens (tertiary/aromatic N) is 1. The Balaban J connectivity index is 1.46. The lowest BCUT2D eigenvalue weighted by Crippen LogP contribution is -2.12. The molecule has 0 saturated carbocycles. The van der Waals surface area contributed by atoms with E-state index in [9.17, 15) is 4.79 Å². The van der Waals surface area contributed by atoms with Gasteiger partial charge in [-0.15, -0.1) is 11.3 Å². The van der Waals surface area contributed by atoms with E-state index < -0.39 is 0 Å². The summed E-state index contributed by atoms with van der Waals surface area (Å²) in [5, 5.41) is 5.37. The van der Waals surface area contributed by atoms with Crippen LogP contribution in [0.15, 0.2) is 47.8 Å². The average Bonchev–Trinajstić information content (AvgIpc) is 3.19. The Morgan fingerprint density at radius 1 is 1.20 bits per heavy atom. The van der Waals surface area contributed by atoms with Gasteiger partial charge >= 0.3 is 0 Å². The number of anilines is 1. The molecule has 0 aliphatic carbocycles. The quantitative estimate of drug-likeness (QED) is 0.425. The number of para-hydroxylation sites is 1. The summed E-state index contributed by atoms with van der Waals surface area (Å²) in [7, 11) is 1.63. The summed E-state index contributed by atoms with van der Waals surface area (Å²) in [6, 6.07) is 13.9. The molecule has 1 heterocycles. The van der Waals surface area contributed by atoms with Gasteiger partial charge in [0.1, 0.15) is 11.5 Å². The largest absolute Gasteiger partial charge is 0.496 e. The number of nitrogens with one attached hydrogen (secondary N) is 1. The van der Waals surface area contributed by atoms with E-state index in [-0.39, 0.29) is 5.91 Å². The molecule has 0 spiro atoms. The third-order valence-electron chi connectivity index (χ3n) is 4.81. The molecule has 0 aliphatic heterocycles. The maximum absolute atomic E-state index is 12.2. The number of thiazole rings is 1. The zero-order chi connectivity index (χ0) is 21.5. The Morgan fingerprint density at radius 3 is 2.73 bits per heavy atom. The zero-order valence-corrected chi connectivity index (χ0v) is 18.7. The van der Waals surface area contributed by atoms with E-state index >= 15 is 0 Å². The van der Waals surface area contributed by atoms with Crippen molar-refractivity contribution in [3.05, 3.63) is 59.0 Å². The van der Waals surface area contributed by atoms with Crippen LogP contribution in [0, 0.1) is 6.92 Å². The lowest BCUT2D eigenvalue weighted by molar-refractivity contribution is -0.116. The molecule has 3 rings (SSSR count). The van der Waals surface area contributed by atoms with Gasteiger partial charge in [0.05, 0.1) is 19.4 Å². The minimum atomic E-state index is -0.0640. The Morgan fingerprint density at radius 2 is 2.00 bits per heavy atom. The van der Waals surface area contributed by atoms with Crippen LogP contribution >= 0.6 is 11.3 Å². The van der Waals surface area contributed by atoms with Crippen molar-refractivity contribution in [2.75, 3.05) is 19.0 Å². The number of benzene rings is 2. The molecule has 0 atom stereocenters. The number of hydrogen-bond acceptors (Lipinski definition) is 5. The number of hydrogen-bond donors (Lipinski definition) is 1. The monoisotopic (exact) mass is 424 g/mol. The van der Waals surface area contributed by atoms with Gasteiger partial charge in [-0.1, -0.05) is 32.0 Å². The Bertz CT molecular complexity index is 998. The van der Waals surface area contributed by atoms with Crippen LogP contribution in [0.2, 0.25) is 0 Å². The molecule has 1 amide bonds. The summed E-state index contributed by atoms with van der Waals surface area (Å²) >= 11 is 1.40. The fourth-order valence-electron chi connectivity index (χ4n) is 3.30. The Labute approximate surface area is 182 Å². The molecule has 6 heteroatoms. The van der Waals surface area contributed by atoms with Crippen molar-refractivity contribution in [3.63, 3.8) is 0 Å². The van der Waals surface area contributed by atoms with Gasteiger partial charge in [-0.05, 0) is 54.7 Å². The van der Waals surface area contributed by atoms with Crippen LogP contribution in [0.1, 0.15) is 43.7 Å². The average molecular weight is 425 g/mol. The van der Waals surface area contributed by atoms with Gasteiger partial charge < -0.3 is 14.8 Å². The van der Waals surface area contributed by atoms with Gasteiger partial charge in [0.25, 0.3) is 0 Å².